The van der Waals surface area contributed by atoms with Crippen LogP contribution in [-0.2, 0) is 9.84 Å². The number of halogens is 2. The molecule has 1 N–H and O–H groups in total. The summed E-state index contributed by atoms with van der Waals surface area (Å²) in [4.78, 5) is 0. The molecule has 1 unspecified atom stereocenters. The summed E-state index contributed by atoms with van der Waals surface area (Å²) in [6.45, 7) is 3.01. The summed E-state index contributed by atoms with van der Waals surface area (Å²) in [7, 11) is -3.12. The van der Waals surface area contributed by atoms with E-state index in [0.29, 0.717) is 0 Å². The quantitative estimate of drug-likeness (QED) is 0.876. The van der Waals surface area contributed by atoms with E-state index in [4.69, 9.17) is 0 Å². The van der Waals surface area contributed by atoms with Crippen molar-refractivity contribution in [3.05, 3.63) is 34.9 Å². The molecule has 0 bridgehead atoms. The van der Waals surface area contributed by atoms with Crippen molar-refractivity contribution < 1.29 is 22.3 Å². The van der Waals surface area contributed by atoms with Gasteiger partial charge in [0.05, 0.1) is 17.4 Å². The Kier molecular flexibility index (Phi) is 5.43. The molecule has 0 spiro atoms. The third kappa shape index (κ3) is 4.24. The van der Waals surface area contributed by atoms with Crippen molar-refractivity contribution in [1.82, 2.24) is 0 Å². The van der Waals surface area contributed by atoms with Crippen molar-refractivity contribution in [2.45, 2.75) is 32.8 Å². The Morgan fingerprint density at radius 2 is 1.95 bits per heavy atom. The number of hydrogen-bond acceptors (Lipinski definition) is 3. The molecule has 1 aromatic rings. The molecule has 6 heteroatoms. The fourth-order valence-electron chi connectivity index (χ4n) is 1.77. The molecule has 0 amide bonds. The van der Waals surface area contributed by atoms with Crippen LogP contribution in [0.25, 0.3) is 0 Å². The maximum absolute atomic E-state index is 13.7. The molecule has 1 rings (SSSR count). The molecular formula is C13H18F2O3S. The Morgan fingerprint density at radius 1 is 1.32 bits per heavy atom. The first kappa shape index (κ1) is 16.0. The molecule has 0 saturated heterocycles. The summed E-state index contributed by atoms with van der Waals surface area (Å²) in [5, 5.41) is 9.80. The predicted octanol–water partition coefficient (Wildman–Crippen LogP) is 2.52. The standard InChI is InChI=1S/C13H18F2O3S/c1-3-19(17,18)8-4-5-11(16)12-10(14)7-6-9(2)13(12)15/h6-7,11,16H,3-5,8H2,1-2H3. The van der Waals surface area contributed by atoms with Gasteiger partial charge in [-0.3, -0.25) is 0 Å². The Hall–Kier alpha value is -1.01. The maximum Gasteiger partial charge on any atom is 0.150 e. The lowest BCUT2D eigenvalue weighted by Crippen LogP contribution is -2.11. The molecule has 1 atom stereocenters. The monoisotopic (exact) mass is 292 g/mol. The van der Waals surface area contributed by atoms with Crippen LogP contribution in [0.15, 0.2) is 12.1 Å². The van der Waals surface area contributed by atoms with E-state index in [9.17, 15) is 22.3 Å². The first-order valence-electron chi connectivity index (χ1n) is 6.11. The van der Waals surface area contributed by atoms with Crippen LogP contribution in [0.1, 0.15) is 37.0 Å². The average molecular weight is 292 g/mol. The minimum atomic E-state index is -3.12. The minimum Gasteiger partial charge on any atom is -0.388 e. The van der Waals surface area contributed by atoms with Gasteiger partial charge in [-0.15, -0.1) is 0 Å². The summed E-state index contributed by atoms with van der Waals surface area (Å²) in [5.41, 5.74) is -0.134. The second-order valence-corrected chi connectivity index (χ2v) is 6.96. The molecule has 0 heterocycles. The lowest BCUT2D eigenvalue weighted by molar-refractivity contribution is 0.157. The molecule has 0 fully saturated rings. The van der Waals surface area contributed by atoms with Crippen LogP contribution < -0.4 is 0 Å². The van der Waals surface area contributed by atoms with Gasteiger partial charge in [-0.05, 0) is 31.4 Å². The van der Waals surface area contributed by atoms with Crippen molar-refractivity contribution >= 4 is 9.84 Å². The number of rotatable bonds is 6. The van der Waals surface area contributed by atoms with E-state index in [0.717, 1.165) is 6.07 Å². The summed E-state index contributed by atoms with van der Waals surface area (Å²) in [5.74, 6) is -1.65. The van der Waals surface area contributed by atoms with E-state index < -0.39 is 27.6 Å². The first-order chi connectivity index (χ1) is 8.78. The van der Waals surface area contributed by atoms with Crippen LogP contribution in [0.2, 0.25) is 0 Å². The van der Waals surface area contributed by atoms with Gasteiger partial charge in [0.15, 0.2) is 0 Å². The Labute approximate surface area is 112 Å². The van der Waals surface area contributed by atoms with Gasteiger partial charge in [-0.25, -0.2) is 17.2 Å². The molecule has 0 aliphatic rings. The zero-order valence-corrected chi connectivity index (χ0v) is 11.8. The van der Waals surface area contributed by atoms with Crippen molar-refractivity contribution in [3.8, 4) is 0 Å². The fraction of sp³-hybridized carbons (Fsp3) is 0.538. The van der Waals surface area contributed by atoms with Gasteiger partial charge < -0.3 is 5.11 Å². The summed E-state index contributed by atoms with van der Waals surface area (Å²) >= 11 is 0. The number of aliphatic hydroxyl groups is 1. The van der Waals surface area contributed by atoms with Gasteiger partial charge in [0.2, 0.25) is 0 Å². The van der Waals surface area contributed by atoms with Gasteiger partial charge in [0.25, 0.3) is 0 Å². The highest BCUT2D eigenvalue weighted by Crippen LogP contribution is 2.26. The van der Waals surface area contributed by atoms with Gasteiger partial charge in [-0.2, -0.15) is 0 Å². The van der Waals surface area contributed by atoms with Crippen LogP contribution in [0.4, 0.5) is 8.78 Å². The van der Waals surface area contributed by atoms with Crippen molar-refractivity contribution in [2.24, 2.45) is 0 Å². The zero-order chi connectivity index (χ0) is 14.6. The Morgan fingerprint density at radius 3 is 2.53 bits per heavy atom. The predicted molar refractivity (Wildman–Crippen MR) is 69.6 cm³/mol. The normalized spacial score (nSPS) is 13.5. The molecular weight excluding hydrogens is 274 g/mol. The molecule has 0 aliphatic carbocycles. The van der Waals surface area contributed by atoms with E-state index in [-0.39, 0.29) is 35.5 Å². The van der Waals surface area contributed by atoms with E-state index in [1.165, 1.54) is 19.9 Å². The fourth-order valence-corrected chi connectivity index (χ4v) is 2.66. The van der Waals surface area contributed by atoms with Gasteiger partial charge in [0.1, 0.15) is 21.5 Å². The number of benzene rings is 1. The Bertz CT molecular complexity index is 541. The zero-order valence-electron chi connectivity index (χ0n) is 11.0. The van der Waals surface area contributed by atoms with E-state index >= 15 is 0 Å². The molecule has 19 heavy (non-hydrogen) atoms. The molecule has 0 aliphatic heterocycles. The van der Waals surface area contributed by atoms with Gasteiger partial charge >= 0.3 is 0 Å². The lowest BCUT2D eigenvalue weighted by Gasteiger charge is -2.14. The number of hydrogen-bond donors (Lipinski definition) is 1. The first-order valence-corrected chi connectivity index (χ1v) is 7.93. The average Bonchev–Trinajstić information content (AvgIpc) is 2.34. The van der Waals surface area contributed by atoms with Crippen molar-refractivity contribution in [2.75, 3.05) is 11.5 Å². The number of aliphatic hydroxyl groups excluding tert-OH is 1. The van der Waals surface area contributed by atoms with Crippen molar-refractivity contribution in [3.63, 3.8) is 0 Å². The number of aryl methyl sites for hydroxylation is 1. The molecule has 108 valence electrons. The van der Waals surface area contributed by atoms with Crippen LogP contribution in [0, 0.1) is 18.6 Å². The molecule has 0 saturated carbocycles. The SMILES string of the molecule is CCS(=O)(=O)CCCC(O)c1c(F)ccc(C)c1F. The van der Waals surface area contributed by atoms with Gasteiger partial charge in [-0.1, -0.05) is 13.0 Å². The van der Waals surface area contributed by atoms with E-state index in [2.05, 4.69) is 0 Å². The highest BCUT2D eigenvalue weighted by atomic mass is 32.2. The third-order valence-electron chi connectivity index (χ3n) is 3.03. The summed E-state index contributed by atoms with van der Waals surface area (Å²) in [6.07, 6.45) is -1.15. The Balaban J connectivity index is 2.74. The molecule has 3 nitrogen and oxygen atoms in total. The highest BCUT2D eigenvalue weighted by molar-refractivity contribution is 7.91. The second-order valence-electron chi connectivity index (χ2n) is 4.49. The summed E-state index contributed by atoms with van der Waals surface area (Å²) in [6, 6.07) is 2.39. The molecule has 0 aromatic heterocycles. The second kappa shape index (κ2) is 6.43. The van der Waals surface area contributed by atoms with Crippen LogP contribution >= 0.6 is 0 Å². The van der Waals surface area contributed by atoms with Crippen LogP contribution in [0.5, 0.6) is 0 Å². The van der Waals surface area contributed by atoms with Gasteiger partial charge in [0, 0.05) is 5.75 Å². The third-order valence-corrected chi connectivity index (χ3v) is 4.82. The topological polar surface area (TPSA) is 54.4 Å². The van der Waals surface area contributed by atoms with E-state index in [1.54, 1.807) is 0 Å². The largest absolute Gasteiger partial charge is 0.388 e. The highest BCUT2D eigenvalue weighted by Gasteiger charge is 2.20. The maximum atomic E-state index is 13.7. The number of sulfone groups is 1. The van der Waals surface area contributed by atoms with Crippen LogP contribution in [-0.4, -0.2) is 25.0 Å². The van der Waals surface area contributed by atoms with Crippen molar-refractivity contribution in [1.29, 1.82) is 0 Å². The summed E-state index contributed by atoms with van der Waals surface area (Å²) < 4.78 is 49.8. The molecule has 0 radical (unpaired) electrons. The molecule has 1 aromatic carbocycles. The smallest absolute Gasteiger partial charge is 0.150 e. The van der Waals surface area contributed by atoms with E-state index in [1.807, 2.05) is 0 Å². The minimum absolute atomic E-state index is 0.0104. The van der Waals surface area contributed by atoms with Crippen LogP contribution in [0.3, 0.4) is 0 Å². The lowest BCUT2D eigenvalue weighted by atomic mass is 10.0.